The lowest BCUT2D eigenvalue weighted by Crippen LogP contribution is -2.31. The van der Waals surface area contributed by atoms with E-state index in [0.717, 1.165) is 25.0 Å². The highest BCUT2D eigenvalue weighted by molar-refractivity contribution is 6.30. The zero-order valence-electron chi connectivity index (χ0n) is 11.4. The summed E-state index contributed by atoms with van der Waals surface area (Å²) < 4.78 is 32.7. The molecular formula is C14H16ClF2NO3. The second-order valence-electron chi connectivity index (χ2n) is 5.10. The Balaban J connectivity index is 2.23. The summed E-state index contributed by atoms with van der Waals surface area (Å²) in [7, 11) is 1.37. The van der Waals surface area contributed by atoms with Crippen LogP contribution in [-0.4, -0.2) is 24.4 Å². The molecule has 2 unspecified atom stereocenters. The molecule has 0 saturated heterocycles. The van der Waals surface area contributed by atoms with E-state index in [-0.39, 0.29) is 5.02 Å². The molecule has 2 atom stereocenters. The fourth-order valence-corrected chi connectivity index (χ4v) is 2.33. The van der Waals surface area contributed by atoms with Crippen molar-refractivity contribution >= 4 is 17.7 Å². The molecule has 2 N–H and O–H groups in total. The predicted molar refractivity (Wildman–Crippen MR) is 73.0 cm³/mol. The number of nitrogens with one attached hydrogen (secondary N) is 1. The molecule has 1 amide bonds. The van der Waals surface area contributed by atoms with Crippen LogP contribution in [0.4, 0.5) is 13.6 Å². The largest absolute Gasteiger partial charge is 0.443 e. The Labute approximate surface area is 126 Å². The number of carbonyl (C=O) groups is 1. The first-order valence-electron chi connectivity index (χ1n) is 6.63. The fraction of sp³-hybridized carbons (Fsp3) is 0.500. The number of carbonyl (C=O) groups excluding carboxylic acids is 1. The van der Waals surface area contributed by atoms with Crippen LogP contribution in [0.5, 0.6) is 0 Å². The number of ether oxygens (including phenoxy) is 1. The van der Waals surface area contributed by atoms with E-state index in [0.29, 0.717) is 12.3 Å². The summed E-state index contributed by atoms with van der Waals surface area (Å²) in [6.07, 6.45) is -1.09. The predicted octanol–water partition coefficient (Wildman–Crippen LogP) is 3.18. The summed E-state index contributed by atoms with van der Waals surface area (Å²) in [5.41, 5.74) is -0.533. The van der Waals surface area contributed by atoms with E-state index in [1.54, 1.807) is 0 Å². The van der Waals surface area contributed by atoms with Crippen LogP contribution in [0, 0.1) is 17.6 Å². The van der Waals surface area contributed by atoms with Crippen LogP contribution in [0.15, 0.2) is 12.1 Å². The van der Waals surface area contributed by atoms with Crippen LogP contribution < -0.4 is 5.32 Å². The summed E-state index contributed by atoms with van der Waals surface area (Å²) in [4.78, 5) is 11.3. The van der Waals surface area contributed by atoms with Gasteiger partial charge in [0.2, 0.25) is 0 Å². The van der Waals surface area contributed by atoms with Gasteiger partial charge in [0.25, 0.3) is 0 Å². The van der Waals surface area contributed by atoms with Crippen molar-refractivity contribution < 1.29 is 23.4 Å². The van der Waals surface area contributed by atoms with Gasteiger partial charge in [-0.1, -0.05) is 24.4 Å². The van der Waals surface area contributed by atoms with Crippen LogP contribution in [0.1, 0.15) is 30.9 Å². The van der Waals surface area contributed by atoms with Crippen molar-refractivity contribution in [3.63, 3.8) is 0 Å². The molecule has 116 valence electrons. The topological polar surface area (TPSA) is 58.6 Å². The van der Waals surface area contributed by atoms with E-state index in [9.17, 15) is 18.7 Å². The lowest BCUT2D eigenvalue weighted by Gasteiger charge is -2.24. The molecule has 21 heavy (non-hydrogen) atoms. The molecule has 1 aliphatic rings. The van der Waals surface area contributed by atoms with Crippen LogP contribution >= 0.6 is 11.6 Å². The first-order chi connectivity index (χ1) is 9.92. The highest BCUT2D eigenvalue weighted by Crippen LogP contribution is 2.38. The summed E-state index contributed by atoms with van der Waals surface area (Å²) in [6.45, 7) is 0. The van der Waals surface area contributed by atoms with Crippen LogP contribution in [0.25, 0.3) is 0 Å². The molecule has 1 aromatic rings. The summed E-state index contributed by atoms with van der Waals surface area (Å²) in [6, 6.07) is 1.83. The number of hydrogen-bond donors (Lipinski definition) is 2. The number of alkyl carbamates (subject to hydrolysis) is 1. The molecule has 1 saturated carbocycles. The van der Waals surface area contributed by atoms with Crippen molar-refractivity contribution in [2.45, 2.75) is 31.5 Å². The van der Waals surface area contributed by atoms with E-state index in [1.165, 1.54) is 7.05 Å². The van der Waals surface area contributed by atoms with Gasteiger partial charge < -0.3 is 15.2 Å². The Morgan fingerprint density at radius 2 is 2.05 bits per heavy atom. The van der Waals surface area contributed by atoms with E-state index in [4.69, 9.17) is 16.3 Å². The number of rotatable bonds is 5. The molecule has 0 spiro atoms. The third kappa shape index (κ3) is 4.04. The lowest BCUT2D eigenvalue weighted by atomic mass is 9.99. The van der Waals surface area contributed by atoms with Crippen LogP contribution in [0.3, 0.4) is 0 Å². The molecule has 0 heterocycles. The van der Waals surface area contributed by atoms with Crippen molar-refractivity contribution in [3.8, 4) is 0 Å². The standard InChI is InChI=1S/C14H16ClF2NO3/c1-18-14(20)21-11(4-7-2-3-7)13(19)12-9(16)5-8(15)6-10(12)17/h5-7,11,13,19H,2-4H2,1H3,(H,18,20). The molecular weight excluding hydrogens is 304 g/mol. The summed E-state index contributed by atoms with van der Waals surface area (Å²) in [5, 5.41) is 12.4. The molecule has 1 aromatic carbocycles. The maximum absolute atomic E-state index is 13.9. The minimum absolute atomic E-state index is 0.105. The van der Waals surface area contributed by atoms with Crippen molar-refractivity contribution in [2.24, 2.45) is 5.92 Å². The highest BCUT2D eigenvalue weighted by atomic mass is 35.5. The molecule has 0 aliphatic heterocycles. The maximum Gasteiger partial charge on any atom is 0.407 e. The van der Waals surface area contributed by atoms with E-state index in [2.05, 4.69) is 5.32 Å². The van der Waals surface area contributed by atoms with Gasteiger partial charge in [-0.25, -0.2) is 13.6 Å². The van der Waals surface area contributed by atoms with Gasteiger partial charge in [-0.3, -0.25) is 0 Å². The van der Waals surface area contributed by atoms with E-state index >= 15 is 0 Å². The Morgan fingerprint density at radius 3 is 2.52 bits per heavy atom. The average molecular weight is 320 g/mol. The quantitative estimate of drug-likeness (QED) is 0.876. The zero-order valence-corrected chi connectivity index (χ0v) is 12.2. The zero-order chi connectivity index (χ0) is 15.6. The number of amides is 1. The number of aliphatic hydroxyl groups excluding tert-OH is 1. The molecule has 0 bridgehead atoms. The third-order valence-electron chi connectivity index (χ3n) is 3.42. The SMILES string of the molecule is CNC(=O)OC(CC1CC1)C(O)c1c(F)cc(Cl)cc1F. The second kappa shape index (κ2) is 6.58. The minimum Gasteiger partial charge on any atom is -0.443 e. The van der Waals surface area contributed by atoms with Crippen molar-refractivity contribution in [3.05, 3.63) is 34.4 Å². The molecule has 4 nitrogen and oxygen atoms in total. The Bertz CT molecular complexity index is 514. The molecule has 0 aromatic heterocycles. The van der Waals surface area contributed by atoms with E-state index in [1.807, 2.05) is 0 Å². The number of aliphatic hydroxyl groups is 1. The van der Waals surface area contributed by atoms with Gasteiger partial charge in [0, 0.05) is 12.1 Å². The van der Waals surface area contributed by atoms with Crippen molar-refractivity contribution in [2.75, 3.05) is 7.05 Å². The second-order valence-corrected chi connectivity index (χ2v) is 5.54. The molecule has 1 aliphatic carbocycles. The van der Waals surface area contributed by atoms with Gasteiger partial charge in [0.15, 0.2) is 0 Å². The van der Waals surface area contributed by atoms with Crippen molar-refractivity contribution in [1.82, 2.24) is 5.32 Å². The number of hydrogen-bond acceptors (Lipinski definition) is 3. The highest BCUT2D eigenvalue weighted by Gasteiger charge is 2.35. The van der Waals surface area contributed by atoms with Crippen LogP contribution in [0.2, 0.25) is 5.02 Å². The molecule has 7 heteroatoms. The summed E-state index contributed by atoms with van der Waals surface area (Å²) in [5.74, 6) is -1.63. The molecule has 1 fully saturated rings. The number of halogens is 3. The monoisotopic (exact) mass is 319 g/mol. The minimum atomic E-state index is -1.58. The first-order valence-corrected chi connectivity index (χ1v) is 7.01. The van der Waals surface area contributed by atoms with Gasteiger partial charge in [-0.15, -0.1) is 0 Å². The van der Waals surface area contributed by atoms with Gasteiger partial charge in [-0.05, 0) is 24.5 Å². The molecule has 0 radical (unpaired) electrons. The van der Waals surface area contributed by atoms with Crippen LogP contribution in [-0.2, 0) is 4.74 Å². The molecule has 2 rings (SSSR count). The summed E-state index contributed by atoms with van der Waals surface area (Å²) >= 11 is 5.55. The lowest BCUT2D eigenvalue weighted by molar-refractivity contribution is -0.00827. The van der Waals surface area contributed by atoms with Gasteiger partial charge in [0.1, 0.15) is 23.8 Å². The van der Waals surface area contributed by atoms with Gasteiger partial charge in [-0.2, -0.15) is 0 Å². The third-order valence-corrected chi connectivity index (χ3v) is 3.64. The van der Waals surface area contributed by atoms with Gasteiger partial charge >= 0.3 is 6.09 Å². The number of benzene rings is 1. The Kier molecular flexibility index (Phi) is 5.00. The van der Waals surface area contributed by atoms with Crippen molar-refractivity contribution in [1.29, 1.82) is 0 Å². The van der Waals surface area contributed by atoms with E-state index < -0.39 is 35.5 Å². The van der Waals surface area contributed by atoms with Gasteiger partial charge in [0.05, 0.1) is 5.56 Å². The normalized spacial score (nSPS) is 17.2. The Hall–Kier alpha value is -1.40. The first kappa shape index (κ1) is 16.0. The average Bonchev–Trinajstić information content (AvgIpc) is 3.20. The maximum atomic E-state index is 13.9. The Morgan fingerprint density at radius 1 is 1.48 bits per heavy atom. The fourth-order valence-electron chi connectivity index (χ4n) is 2.14. The smallest absolute Gasteiger partial charge is 0.407 e.